The topological polar surface area (TPSA) is 80.9 Å². The van der Waals surface area contributed by atoms with Crippen molar-refractivity contribution < 1.29 is 0 Å². The number of nitrogens with zero attached hydrogens (tertiary/aromatic N) is 5. The maximum absolute atomic E-state index is 12.2. The van der Waals surface area contributed by atoms with E-state index in [0.29, 0.717) is 22.3 Å². The van der Waals surface area contributed by atoms with E-state index >= 15 is 0 Å². The van der Waals surface area contributed by atoms with Crippen LogP contribution in [-0.4, -0.2) is 35.1 Å². The second-order valence-corrected chi connectivity index (χ2v) is 6.27. The lowest BCUT2D eigenvalue weighted by Gasteiger charge is -2.03. The molecule has 0 bridgehead atoms. The minimum absolute atomic E-state index is 0.254. The predicted molar refractivity (Wildman–Crippen MR) is 89.5 cm³/mol. The summed E-state index contributed by atoms with van der Waals surface area (Å²) in [4.78, 5) is 19.4. The Labute approximate surface area is 137 Å². The summed E-state index contributed by atoms with van der Waals surface area (Å²) in [5.41, 5.74) is 2.36. The Balaban J connectivity index is 2.19. The summed E-state index contributed by atoms with van der Waals surface area (Å²) in [7, 11) is 0. The summed E-state index contributed by atoms with van der Waals surface area (Å²) in [6.45, 7) is 5.95. The van der Waals surface area contributed by atoms with Crippen LogP contribution in [0, 0.1) is 19.3 Å². The van der Waals surface area contributed by atoms with Gasteiger partial charge in [0.05, 0.1) is 22.7 Å². The third-order valence-corrected chi connectivity index (χ3v) is 4.11. The van der Waals surface area contributed by atoms with Crippen LogP contribution in [0.25, 0.3) is 16.9 Å². The van der Waals surface area contributed by atoms with Gasteiger partial charge in [-0.2, -0.15) is 14.7 Å². The lowest BCUT2D eigenvalue weighted by molar-refractivity contribution is 0.534. The number of fused-ring (bicyclic) bond motifs is 1. The van der Waals surface area contributed by atoms with Crippen molar-refractivity contribution in [3.8, 4) is 23.6 Å². The van der Waals surface area contributed by atoms with E-state index in [-0.39, 0.29) is 11.7 Å². The fourth-order valence-corrected chi connectivity index (χ4v) is 2.80. The standard InChI is InChI=1S/C15H16N6OS/c1-5-8-23-14-16-13-12(10(4)18-21(13)15(22)17-14)11-6-7-20(19-11)9(2)3/h1,6-7,9H,8H2,2-4H3,(H,16,17,22). The summed E-state index contributed by atoms with van der Waals surface area (Å²) in [5, 5.41) is 9.31. The Hall–Kier alpha value is -2.53. The molecule has 0 aliphatic carbocycles. The average molecular weight is 328 g/mol. The second-order valence-electron chi connectivity index (χ2n) is 5.31. The maximum atomic E-state index is 12.2. The monoisotopic (exact) mass is 328 g/mol. The molecule has 0 fully saturated rings. The fraction of sp³-hybridized carbons (Fsp3) is 0.333. The number of terminal acetylenes is 1. The largest absolute Gasteiger partial charge is 0.350 e. The van der Waals surface area contributed by atoms with Crippen LogP contribution in [0.5, 0.6) is 0 Å². The van der Waals surface area contributed by atoms with Crippen molar-refractivity contribution in [2.45, 2.75) is 32.0 Å². The lowest BCUT2D eigenvalue weighted by atomic mass is 10.2. The Morgan fingerprint density at radius 2 is 2.22 bits per heavy atom. The van der Waals surface area contributed by atoms with Gasteiger partial charge < -0.3 is 0 Å². The zero-order valence-corrected chi connectivity index (χ0v) is 13.9. The van der Waals surface area contributed by atoms with Gasteiger partial charge >= 0.3 is 5.69 Å². The number of rotatable bonds is 4. The number of aryl methyl sites for hydroxylation is 1. The van der Waals surface area contributed by atoms with E-state index in [1.165, 1.54) is 16.3 Å². The number of aromatic nitrogens is 6. The van der Waals surface area contributed by atoms with Gasteiger partial charge in [0.1, 0.15) is 0 Å². The third kappa shape index (κ3) is 2.75. The summed E-state index contributed by atoms with van der Waals surface area (Å²) in [6.07, 6.45) is 7.17. The van der Waals surface area contributed by atoms with E-state index in [4.69, 9.17) is 6.42 Å². The SMILES string of the molecule is C#CCSc1nc2c(-c3ccn(C(C)C)n3)c(C)nn2c(=O)[nH]1. The summed E-state index contributed by atoms with van der Waals surface area (Å²) >= 11 is 1.30. The quantitative estimate of drug-likeness (QED) is 0.584. The van der Waals surface area contributed by atoms with E-state index in [1.807, 2.05) is 23.9 Å². The highest BCUT2D eigenvalue weighted by molar-refractivity contribution is 7.99. The molecule has 8 heteroatoms. The van der Waals surface area contributed by atoms with Crippen LogP contribution >= 0.6 is 11.8 Å². The van der Waals surface area contributed by atoms with Crippen molar-refractivity contribution in [3.63, 3.8) is 0 Å². The number of thioether (sulfide) groups is 1. The van der Waals surface area contributed by atoms with Crippen LogP contribution < -0.4 is 5.69 Å². The molecular formula is C15H16N6OS. The van der Waals surface area contributed by atoms with E-state index in [2.05, 4.69) is 39.9 Å². The first-order valence-electron chi connectivity index (χ1n) is 7.12. The molecule has 0 saturated heterocycles. The van der Waals surface area contributed by atoms with Crippen molar-refractivity contribution in [2.75, 3.05) is 5.75 Å². The first-order chi connectivity index (χ1) is 11.0. The van der Waals surface area contributed by atoms with Crippen LogP contribution in [0.15, 0.2) is 22.2 Å². The molecule has 0 aliphatic rings. The van der Waals surface area contributed by atoms with Crippen LogP contribution in [0.4, 0.5) is 0 Å². The van der Waals surface area contributed by atoms with Crippen molar-refractivity contribution in [1.82, 2.24) is 29.4 Å². The van der Waals surface area contributed by atoms with E-state index < -0.39 is 0 Å². The molecule has 0 radical (unpaired) electrons. The molecule has 3 aromatic rings. The number of H-pyrrole nitrogens is 1. The fourth-order valence-electron chi connectivity index (χ4n) is 2.27. The molecule has 23 heavy (non-hydrogen) atoms. The highest BCUT2D eigenvalue weighted by atomic mass is 32.2. The summed E-state index contributed by atoms with van der Waals surface area (Å²) in [6, 6.07) is 2.16. The molecule has 0 atom stereocenters. The van der Waals surface area contributed by atoms with Gasteiger partial charge in [0.15, 0.2) is 10.8 Å². The van der Waals surface area contributed by atoms with Crippen LogP contribution in [0.1, 0.15) is 25.6 Å². The van der Waals surface area contributed by atoms with Crippen LogP contribution in [0.2, 0.25) is 0 Å². The average Bonchev–Trinajstić information content (AvgIpc) is 3.09. The number of hydrogen-bond acceptors (Lipinski definition) is 5. The molecule has 118 valence electrons. The molecule has 0 spiro atoms. The van der Waals surface area contributed by atoms with Crippen molar-refractivity contribution in [3.05, 3.63) is 28.4 Å². The van der Waals surface area contributed by atoms with Crippen molar-refractivity contribution >= 4 is 17.4 Å². The molecule has 0 saturated carbocycles. The zero-order valence-electron chi connectivity index (χ0n) is 13.1. The van der Waals surface area contributed by atoms with Gasteiger partial charge in [-0.1, -0.05) is 17.7 Å². The molecule has 0 amide bonds. The molecule has 0 aliphatic heterocycles. The zero-order chi connectivity index (χ0) is 16.6. The number of nitrogens with one attached hydrogen (secondary N) is 1. The number of aromatic amines is 1. The Morgan fingerprint density at radius 3 is 2.87 bits per heavy atom. The summed E-state index contributed by atoms with van der Waals surface area (Å²) < 4.78 is 3.12. The molecular weight excluding hydrogens is 312 g/mol. The third-order valence-electron chi connectivity index (χ3n) is 3.34. The Kier molecular flexibility index (Phi) is 3.96. The second kappa shape index (κ2) is 5.93. The molecule has 7 nitrogen and oxygen atoms in total. The van der Waals surface area contributed by atoms with E-state index in [0.717, 1.165) is 11.3 Å². The van der Waals surface area contributed by atoms with Gasteiger partial charge in [-0.3, -0.25) is 9.67 Å². The minimum atomic E-state index is -0.341. The van der Waals surface area contributed by atoms with Crippen molar-refractivity contribution in [1.29, 1.82) is 0 Å². The molecule has 3 rings (SSSR count). The Morgan fingerprint density at radius 1 is 1.43 bits per heavy atom. The molecule has 3 aromatic heterocycles. The highest BCUT2D eigenvalue weighted by Gasteiger charge is 2.18. The smallest absolute Gasteiger partial charge is 0.285 e. The maximum Gasteiger partial charge on any atom is 0.350 e. The first-order valence-corrected chi connectivity index (χ1v) is 8.11. The van der Waals surface area contributed by atoms with E-state index in [9.17, 15) is 4.79 Å². The molecule has 0 unspecified atom stereocenters. The van der Waals surface area contributed by atoms with Crippen LogP contribution in [0.3, 0.4) is 0 Å². The number of hydrogen-bond donors (Lipinski definition) is 1. The lowest BCUT2D eigenvalue weighted by Crippen LogP contribution is -2.19. The highest BCUT2D eigenvalue weighted by Crippen LogP contribution is 2.26. The van der Waals surface area contributed by atoms with Gasteiger partial charge in [0.25, 0.3) is 0 Å². The molecule has 0 aromatic carbocycles. The van der Waals surface area contributed by atoms with Crippen LogP contribution in [-0.2, 0) is 0 Å². The van der Waals surface area contributed by atoms with Crippen molar-refractivity contribution in [2.24, 2.45) is 0 Å². The summed E-state index contributed by atoms with van der Waals surface area (Å²) in [5.74, 6) is 2.95. The minimum Gasteiger partial charge on any atom is -0.285 e. The van der Waals surface area contributed by atoms with Gasteiger partial charge in [-0.05, 0) is 26.8 Å². The predicted octanol–water partition coefficient (Wildman–Crippen LogP) is 1.90. The van der Waals surface area contributed by atoms with Gasteiger partial charge in [0, 0.05) is 12.2 Å². The molecule has 1 N–H and O–H groups in total. The molecule has 3 heterocycles. The van der Waals surface area contributed by atoms with Gasteiger partial charge in [0.2, 0.25) is 0 Å². The van der Waals surface area contributed by atoms with Gasteiger partial charge in [-0.25, -0.2) is 9.78 Å². The first kappa shape index (κ1) is 15.4. The Bertz CT molecular complexity index is 959. The normalized spacial score (nSPS) is 11.3. The van der Waals surface area contributed by atoms with Gasteiger partial charge in [-0.15, -0.1) is 6.42 Å². The van der Waals surface area contributed by atoms with E-state index in [1.54, 1.807) is 0 Å².